The summed E-state index contributed by atoms with van der Waals surface area (Å²) in [5.41, 5.74) is -3.13. The Bertz CT molecular complexity index is 1520. The molecule has 36 heavy (non-hydrogen) atoms. The van der Waals surface area contributed by atoms with Crippen LogP contribution in [0.2, 0.25) is 0 Å². The summed E-state index contributed by atoms with van der Waals surface area (Å²) in [4.78, 5) is 12.8. The normalized spacial score (nSPS) is 11.7. The van der Waals surface area contributed by atoms with Crippen LogP contribution in [-0.2, 0) is 12.8 Å². The first-order valence-corrected chi connectivity index (χ1v) is 10.4. The molecule has 3 aromatic carbocycles. The summed E-state index contributed by atoms with van der Waals surface area (Å²) in [5.74, 6) is -14.4. The van der Waals surface area contributed by atoms with Gasteiger partial charge in [-0.05, 0) is 40.2 Å². The average molecular weight is 581 g/mol. The maximum Gasteiger partial charge on any atom is 0.453 e. The van der Waals surface area contributed by atoms with Crippen LogP contribution in [0.1, 0.15) is 11.3 Å². The molecule has 0 aliphatic heterocycles. The molecule has 0 saturated heterocycles. The van der Waals surface area contributed by atoms with E-state index in [1.165, 1.54) is 18.2 Å². The highest BCUT2D eigenvalue weighted by molar-refractivity contribution is 9.10. The minimum absolute atomic E-state index is 0.0996. The van der Waals surface area contributed by atoms with Crippen LogP contribution in [0.15, 0.2) is 56.1 Å². The summed E-state index contributed by atoms with van der Waals surface area (Å²) in [6, 6.07) is 8.62. The molecule has 1 aromatic heterocycles. The summed E-state index contributed by atoms with van der Waals surface area (Å²) in [5, 5.41) is -0.367. The third kappa shape index (κ3) is 4.62. The summed E-state index contributed by atoms with van der Waals surface area (Å²) in [6.45, 7) is -1.17. The Morgan fingerprint density at radius 3 is 2.08 bits per heavy atom. The number of benzene rings is 3. The molecule has 0 saturated carbocycles. The molecular weight excluding hydrogens is 572 g/mol. The fraction of sp³-hybridized carbons (Fsp3) is 0.0870. The van der Waals surface area contributed by atoms with Crippen molar-refractivity contribution in [1.82, 2.24) is 0 Å². The highest BCUT2D eigenvalue weighted by atomic mass is 79.9. The maximum absolute atomic E-state index is 13.8. The molecule has 13 heteroatoms. The van der Waals surface area contributed by atoms with Crippen molar-refractivity contribution in [2.45, 2.75) is 12.8 Å². The lowest BCUT2D eigenvalue weighted by Gasteiger charge is -2.14. The molecule has 0 aliphatic rings. The third-order valence-electron chi connectivity index (χ3n) is 4.81. The zero-order valence-corrected chi connectivity index (χ0v) is 18.9. The van der Waals surface area contributed by atoms with E-state index in [-0.39, 0.29) is 21.4 Å². The number of ether oxygens (including phenoxy) is 2. The van der Waals surface area contributed by atoms with Crippen molar-refractivity contribution in [3.8, 4) is 17.2 Å². The highest BCUT2D eigenvalue weighted by Gasteiger charge is 2.40. The average Bonchev–Trinajstić information content (AvgIpc) is 2.83. The Morgan fingerprint density at radius 2 is 1.47 bits per heavy atom. The number of alkyl halides is 3. The minimum atomic E-state index is -5.17. The van der Waals surface area contributed by atoms with Gasteiger partial charge in [-0.15, -0.1) is 0 Å². The summed E-state index contributed by atoms with van der Waals surface area (Å²) in [6.07, 6.45) is -5.17. The molecule has 1 heterocycles. The van der Waals surface area contributed by atoms with Crippen molar-refractivity contribution in [2.24, 2.45) is 0 Å². The van der Waals surface area contributed by atoms with Crippen LogP contribution < -0.4 is 14.9 Å². The van der Waals surface area contributed by atoms with E-state index in [9.17, 15) is 39.9 Å². The van der Waals surface area contributed by atoms with Crippen LogP contribution >= 0.6 is 15.9 Å². The van der Waals surface area contributed by atoms with E-state index < -0.39 is 70.0 Å². The van der Waals surface area contributed by atoms with Crippen molar-refractivity contribution < 1.29 is 49.0 Å². The molecule has 0 unspecified atom stereocenters. The second kappa shape index (κ2) is 9.45. The number of para-hydroxylation sites is 1. The van der Waals surface area contributed by atoms with E-state index in [0.717, 1.165) is 18.2 Å². The Balaban J connectivity index is 1.75. The fourth-order valence-corrected chi connectivity index (χ4v) is 3.46. The van der Waals surface area contributed by atoms with Crippen LogP contribution in [0.4, 0.5) is 35.1 Å². The van der Waals surface area contributed by atoms with Gasteiger partial charge in [0.25, 0.3) is 5.76 Å². The summed E-state index contributed by atoms with van der Waals surface area (Å²) < 4.78 is 124. The molecule has 0 aliphatic carbocycles. The van der Waals surface area contributed by atoms with Gasteiger partial charge < -0.3 is 13.9 Å². The molecule has 4 nitrogen and oxygen atoms in total. The molecule has 4 rings (SSSR count). The first kappa shape index (κ1) is 25.5. The molecular formula is C23H9BrF8O4. The number of halogens is 9. The standard InChI is InChI=1S/C23H9BrF8O4/c24-12-3-1-2-4-13(12)35-21-20(33)10-6-5-9(7-14(10)36-22(21)23(30,31)32)34-8-11-15(25)17(27)19(29)18(28)16(11)26/h1-7H,8H2. The number of hydrogen-bond donors (Lipinski definition) is 0. The van der Waals surface area contributed by atoms with E-state index in [1.54, 1.807) is 6.07 Å². The smallest absolute Gasteiger partial charge is 0.453 e. The molecule has 0 spiro atoms. The predicted octanol–water partition coefficient (Wildman–Crippen LogP) is 7.64. The van der Waals surface area contributed by atoms with Gasteiger partial charge in [0.05, 0.1) is 15.4 Å². The van der Waals surface area contributed by atoms with Gasteiger partial charge in [-0.3, -0.25) is 4.79 Å². The quantitative estimate of drug-likeness (QED) is 0.138. The molecule has 0 fully saturated rings. The molecule has 188 valence electrons. The zero-order chi connectivity index (χ0) is 26.4. The van der Waals surface area contributed by atoms with Gasteiger partial charge in [0, 0.05) is 6.07 Å². The predicted molar refractivity (Wildman–Crippen MR) is 112 cm³/mol. The van der Waals surface area contributed by atoms with Gasteiger partial charge >= 0.3 is 6.18 Å². The summed E-state index contributed by atoms with van der Waals surface area (Å²) >= 11 is 3.10. The monoisotopic (exact) mass is 580 g/mol. The topological polar surface area (TPSA) is 48.7 Å². The van der Waals surface area contributed by atoms with Crippen molar-refractivity contribution >= 4 is 26.9 Å². The van der Waals surface area contributed by atoms with E-state index >= 15 is 0 Å². The molecule has 4 aromatic rings. The lowest BCUT2D eigenvalue weighted by Crippen LogP contribution is -2.15. The molecule has 0 radical (unpaired) electrons. The van der Waals surface area contributed by atoms with Crippen LogP contribution in [-0.4, -0.2) is 0 Å². The second-order valence-corrected chi connectivity index (χ2v) is 7.97. The van der Waals surface area contributed by atoms with Gasteiger partial charge in [-0.2, -0.15) is 13.2 Å². The van der Waals surface area contributed by atoms with Crippen LogP contribution in [0.25, 0.3) is 11.0 Å². The van der Waals surface area contributed by atoms with Gasteiger partial charge in [-0.25, -0.2) is 22.0 Å². The molecule has 0 amide bonds. The third-order valence-corrected chi connectivity index (χ3v) is 5.47. The van der Waals surface area contributed by atoms with Crippen molar-refractivity contribution in [2.75, 3.05) is 0 Å². The minimum Gasteiger partial charge on any atom is -0.489 e. The van der Waals surface area contributed by atoms with Crippen LogP contribution in [0, 0.1) is 29.1 Å². The molecule has 0 atom stereocenters. The van der Waals surface area contributed by atoms with E-state index in [4.69, 9.17) is 13.9 Å². The lowest BCUT2D eigenvalue weighted by molar-refractivity contribution is -0.154. The Morgan fingerprint density at radius 1 is 0.861 bits per heavy atom. The molecule has 0 bridgehead atoms. The number of rotatable bonds is 5. The maximum atomic E-state index is 13.8. The first-order chi connectivity index (χ1) is 16.9. The van der Waals surface area contributed by atoms with Crippen LogP contribution in [0.3, 0.4) is 0 Å². The van der Waals surface area contributed by atoms with E-state index in [1.807, 2.05) is 0 Å². The molecule has 0 N–H and O–H groups in total. The van der Waals surface area contributed by atoms with Crippen molar-refractivity contribution in [1.29, 1.82) is 0 Å². The fourth-order valence-electron chi connectivity index (χ4n) is 3.10. The van der Waals surface area contributed by atoms with E-state index in [2.05, 4.69) is 15.9 Å². The Labute approximate surface area is 203 Å². The van der Waals surface area contributed by atoms with Crippen LogP contribution in [0.5, 0.6) is 17.2 Å². The Kier molecular flexibility index (Phi) is 6.69. The second-order valence-electron chi connectivity index (χ2n) is 7.11. The Hall–Kier alpha value is -3.61. The van der Waals surface area contributed by atoms with Crippen molar-refractivity contribution in [3.05, 3.63) is 97.6 Å². The van der Waals surface area contributed by atoms with Gasteiger partial charge in [0.1, 0.15) is 23.7 Å². The largest absolute Gasteiger partial charge is 0.489 e. The number of hydrogen-bond acceptors (Lipinski definition) is 4. The highest BCUT2D eigenvalue weighted by Crippen LogP contribution is 2.40. The van der Waals surface area contributed by atoms with Crippen molar-refractivity contribution in [3.63, 3.8) is 0 Å². The first-order valence-electron chi connectivity index (χ1n) is 9.63. The van der Waals surface area contributed by atoms with Gasteiger partial charge in [0.15, 0.2) is 23.3 Å². The van der Waals surface area contributed by atoms with Gasteiger partial charge in [-0.1, -0.05) is 12.1 Å². The van der Waals surface area contributed by atoms with E-state index in [0.29, 0.717) is 0 Å². The lowest BCUT2D eigenvalue weighted by atomic mass is 10.1. The SMILES string of the molecule is O=c1c(Oc2ccccc2Br)c(C(F)(F)F)oc2cc(OCc3c(F)c(F)c(F)c(F)c3F)ccc12. The van der Waals surface area contributed by atoms with Gasteiger partial charge in [0.2, 0.25) is 17.0 Å². The number of fused-ring (bicyclic) bond motifs is 1. The zero-order valence-electron chi connectivity index (χ0n) is 17.3. The summed E-state index contributed by atoms with van der Waals surface area (Å²) in [7, 11) is 0.